The van der Waals surface area contributed by atoms with Gasteiger partial charge in [-0.2, -0.15) is 0 Å². The first-order chi connectivity index (χ1) is 32.7. The minimum Gasteiger partial charge on any atom is -0.472 e. The first kappa shape index (κ1) is 38.9. The highest BCUT2D eigenvalue weighted by Crippen LogP contribution is 2.52. The molecule has 0 bridgehead atoms. The molecule has 4 nitrogen and oxygen atoms in total. The number of ether oxygens (including phenoxy) is 1. The molecule has 1 aromatic heterocycles. The number of rotatable bonds is 8. The normalized spacial score (nSPS) is 12.5. The molecule has 0 saturated heterocycles. The average Bonchev–Trinajstić information content (AvgIpc) is 3.41. The lowest BCUT2D eigenvalue weighted by Crippen LogP contribution is -2.38. The van der Waals surface area contributed by atoms with Crippen molar-refractivity contribution in [2.75, 3.05) is 0 Å². The van der Waals surface area contributed by atoms with Crippen molar-refractivity contribution in [3.05, 3.63) is 265 Å². The smallest absolute Gasteiger partial charge is 0.185 e. The molecule has 2 heterocycles. The molecule has 1 aliphatic heterocycles. The number of aromatic nitrogens is 3. The Labute approximate surface area is 384 Å². The Kier molecular flexibility index (Phi) is 9.69. The van der Waals surface area contributed by atoms with Crippen LogP contribution in [0.3, 0.4) is 0 Å². The number of fused-ring (bicyclic) bond motifs is 4. The molecule has 4 heteroatoms. The van der Waals surface area contributed by atoms with Crippen molar-refractivity contribution in [1.82, 2.24) is 15.0 Å². The van der Waals surface area contributed by atoms with Crippen LogP contribution in [-0.4, -0.2) is 15.0 Å². The molecular formula is C62H41N3O. The third-order valence-electron chi connectivity index (χ3n) is 12.8. The van der Waals surface area contributed by atoms with E-state index in [9.17, 15) is 0 Å². The van der Waals surface area contributed by atoms with E-state index >= 15 is 0 Å². The minimum atomic E-state index is -0.833. The zero-order valence-corrected chi connectivity index (χ0v) is 35.9. The van der Waals surface area contributed by atoms with Gasteiger partial charge in [-0.05, 0) is 55.8 Å². The van der Waals surface area contributed by atoms with Crippen molar-refractivity contribution in [2.45, 2.75) is 5.60 Å². The summed E-state index contributed by atoms with van der Waals surface area (Å²) in [5.41, 5.74) is 14.1. The van der Waals surface area contributed by atoms with E-state index < -0.39 is 5.60 Å². The van der Waals surface area contributed by atoms with E-state index in [2.05, 4.69) is 243 Å². The Morgan fingerprint density at radius 2 is 0.712 bits per heavy atom. The van der Waals surface area contributed by atoms with E-state index in [1.807, 2.05) is 6.07 Å². The van der Waals surface area contributed by atoms with Crippen LogP contribution in [0.15, 0.2) is 249 Å². The van der Waals surface area contributed by atoms with Gasteiger partial charge in [0, 0.05) is 38.9 Å². The Balaban J connectivity index is 0.920. The van der Waals surface area contributed by atoms with Crippen LogP contribution in [-0.2, 0) is 5.60 Å². The molecule has 0 spiro atoms. The van der Waals surface area contributed by atoms with Gasteiger partial charge in [0.05, 0.1) is 0 Å². The van der Waals surface area contributed by atoms with Gasteiger partial charge in [-0.25, -0.2) is 15.0 Å². The van der Waals surface area contributed by atoms with E-state index in [-0.39, 0.29) is 0 Å². The third-order valence-corrected chi connectivity index (χ3v) is 12.8. The van der Waals surface area contributed by atoms with Crippen LogP contribution in [0.2, 0.25) is 0 Å². The zero-order valence-electron chi connectivity index (χ0n) is 35.9. The van der Waals surface area contributed by atoms with Gasteiger partial charge in [0.1, 0.15) is 5.75 Å². The molecule has 66 heavy (non-hydrogen) atoms. The number of hydrogen-bond donors (Lipinski definition) is 0. The maximum Gasteiger partial charge on any atom is 0.185 e. The summed E-state index contributed by atoms with van der Waals surface area (Å²) < 4.78 is 7.34. The highest BCUT2D eigenvalue weighted by atomic mass is 16.5. The molecule has 310 valence electrons. The highest BCUT2D eigenvalue weighted by Gasteiger charge is 2.44. The second-order valence-corrected chi connectivity index (χ2v) is 16.7. The molecular weight excluding hydrogens is 803 g/mol. The monoisotopic (exact) mass is 843 g/mol. The van der Waals surface area contributed by atoms with Crippen molar-refractivity contribution < 1.29 is 4.74 Å². The predicted octanol–water partition coefficient (Wildman–Crippen LogP) is 15.4. The molecule has 0 fully saturated rings. The summed E-state index contributed by atoms with van der Waals surface area (Å²) in [6.45, 7) is 0. The van der Waals surface area contributed by atoms with Crippen LogP contribution in [0, 0.1) is 0 Å². The van der Waals surface area contributed by atoms with Gasteiger partial charge < -0.3 is 4.74 Å². The molecule has 0 radical (unpaired) electrons. The van der Waals surface area contributed by atoms with Gasteiger partial charge in [0.25, 0.3) is 0 Å². The lowest BCUT2D eigenvalue weighted by Gasteiger charge is -2.41. The summed E-state index contributed by atoms with van der Waals surface area (Å²) in [4.78, 5) is 15.3. The molecule has 0 N–H and O–H groups in total. The maximum atomic E-state index is 7.34. The predicted molar refractivity (Wildman–Crippen MR) is 269 cm³/mol. The lowest BCUT2D eigenvalue weighted by atomic mass is 9.75. The Hall–Kier alpha value is -8.73. The molecule has 0 amide bonds. The van der Waals surface area contributed by atoms with Crippen molar-refractivity contribution in [3.8, 4) is 84.4 Å². The zero-order chi connectivity index (χ0) is 43.9. The molecule has 11 aromatic rings. The summed E-state index contributed by atoms with van der Waals surface area (Å²) in [6.07, 6.45) is 0. The SMILES string of the molecule is c1ccc(-c2ccc(-c3nc(-c4ccc(-c5ccc6c(c5)OC(c5ccccc5)(c5ccccc5)c5ccccc5-6)cc4)nc(-c4ccc(-c5cccc6ccccc56)cc4)n3)cc2)cc1. The average molecular weight is 844 g/mol. The van der Waals surface area contributed by atoms with Crippen molar-refractivity contribution in [2.24, 2.45) is 0 Å². The fourth-order valence-electron chi connectivity index (χ4n) is 9.49. The molecule has 10 aromatic carbocycles. The minimum absolute atomic E-state index is 0.604. The summed E-state index contributed by atoms with van der Waals surface area (Å²) >= 11 is 0. The van der Waals surface area contributed by atoms with Crippen LogP contribution in [0.1, 0.15) is 16.7 Å². The van der Waals surface area contributed by atoms with Crippen LogP contribution in [0.4, 0.5) is 0 Å². The third kappa shape index (κ3) is 6.93. The van der Waals surface area contributed by atoms with E-state index in [0.29, 0.717) is 17.5 Å². The molecule has 0 aliphatic carbocycles. The second-order valence-electron chi connectivity index (χ2n) is 16.7. The largest absolute Gasteiger partial charge is 0.472 e. The summed E-state index contributed by atoms with van der Waals surface area (Å²) in [5.74, 6) is 2.67. The lowest BCUT2D eigenvalue weighted by molar-refractivity contribution is 0.152. The maximum absolute atomic E-state index is 7.34. The summed E-state index contributed by atoms with van der Waals surface area (Å²) in [5, 5.41) is 2.44. The summed E-state index contributed by atoms with van der Waals surface area (Å²) in [6, 6.07) is 87.2. The van der Waals surface area contributed by atoms with Gasteiger partial charge in [0.15, 0.2) is 23.1 Å². The van der Waals surface area contributed by atoms with E-state index in [1.165, 1.54) is 16.3 Å². The number of nitrogens with zero attached hydrogens (tertiary/aromatic N) is 3. The van der Waals surface area contributed by atoms with E-state index in [1.54, 1.807) is 0 Å². The first-order valence-electron chi connectivity index (χ1n) is 22.3. The second kappa shape index (κ2) is 16.4. The van der Waals surface area contributed by atoms with Gasteiger partial charge in [0.2, 0.25) is 0 Å². The highest BCUT2D eigenvalue weighted by molar-refractivity contribution is 5.97. The first-order valence-corrected chi connectivity index (χ1v) is 22.3. The van der Waals surface area contributed by atoms with E-state index in [4.69, 9.17) is 19.7 Å². The Morgan fingerprint density at radius 3 is 1.32 bits per heavy atom. The van der Waals surface area contributed by atoms with Gasteiger partial charge in [-0.1, -0.05) is 243 Å². The molecule has 0 atom stereocenters. The van der Waals surface area contributed by atoms with Crippen molar-refractivity contribution >= 4 is 10.8 Å². The topological polar surface area (TPSA) is 47.9 Å². The van der Waals surface area contributed by atoms with E-state index in [0.717, 1.165) is 78.1 Å². The quantitative estimate of drug-likeness (QED) is 0.153. The van der Waals surface area contributed by atoms with Gasteiger partial charge in [-0.15, -0.1) is 0 Å². The summed E-state index contributed by atoms with van der Waals surface area (Å²) in [7, 11) is 0. The van der Waals surface area contributed by atoms with Crippen molar-refractivity contribution in [1.29, 1.82) is 0 Å². The van der Waals surface area contributed by atoms with Crippen LogP contribution in [0.25, 0.3) is 89.4 Å². The van der Waals surface area contributed by atoms with Crippen LogP contribution in [0.5, 0.6) is 5.75 Å². The van der Waals surface area contributed by atoms with Crippen LogP contribution >= 0.6 is 0 Å². The Morgan fingerprint density at radius 1 is 0.288 bits per heavy atom. The molecule has 1 aliphatic rings. The number of hydrogen-bond acceptors (Lipinski definition) is 4. The Bertz CT molecular complexity index is 3470. The molecule has 0 unspecified atom stereocenters. The van der Waals surface area contributed by atoms with Gasteiger partial charge >= 0.3 is 0 Å². The standard InChI is InChI=1S/C62H41N3O/c1-4-15-42(16-5-1)43-27-33-47(34-28-43)59-63-60(65-61(64-59)49-37-31-46(32-38-49)54-25-14-18-45-17-10-11-23-53(45)54)48-35-29-44(30-36-48)50-39-40-56-55-24-12-13-26-57(55)62(66-58(56)41-50,51-19-6-2-7-20-51)52-21-8-3-9-22-52/h1-41H. The molecule has 0 saturated carbocycles. The fraction of sp³-hybridized carbons (Fsp3) is 0.0161. The molecule has 12 rings (SSSR count). The fourth-order valence-corrected chi connectivity index (χ4v) is 9.49. The number of benzene rings is 10. The van der Waals surface area contributed by atoms with Crippen molar-refractivity contribution in [3.63, 3.8) is 0 Å². The van der Waals surface area contributed by atoms with Crippen LogP contribution < -0.4 is 4.74 Å². The van der Waals surface area contributed by atoms with Gasteiger partial charge in [-0.3, -0.25) is 0 Å².